The van der Waals surface area contributed by atoms with Gasteiger partial charge >= 0.3 is 0 Å². The lowest BCUT2D eigenvalue weighted by atomic mass is 9.98. The number of ether oxygens (including phenoxy) is 2. The highest BCUT2D eigenvalue weighted by molar-refractivity contribution is 14.1. The fraction of sp³-hybridized carbons (Fsp3) is 0.200. The summed E-state index contributed by atoms with van der Waals surface area (Å²) in [6.07, 6.45) is 0. The topological polar surface area (TPSA) is 44.5 Å². The van der Waals surface area contributed by atoms with E-state index in [4.69, 9.17) is 26.8 Å². The van der Waals surface area contributed by atoms with Crippen LogP contribution in [0.5, 0.6) is 11.5 Å². The lowest BCUT2D eigenvalue weighted by Crippen LogP contribution is -2.13. The van der Waals surface area contributed by atoms with Crippen LogP contribution >= 0.6 is 34.2 Å². The van der Waals surface area contributed by atoms with Crippen LogP contribution in [0, 0.1) is 3.57 Å². The van der Waals surface area contributed by atoms with E-state index in [1.807, 2.05) is 36.4 Å². The minimum Gasteiger partial charge on any atom is -0.497 e. The quantitative estimate of drug-likeness (QED) is 0.785. The monoisotopic (exact) mass is 403 g/mol. The van der Waals surface area contributed by atoms with E-state index in [1.165, 1.54) is 0 Å². The number of benzene rings is 2. The third kappa shape index (κ3) is 3.19. The fourth-order valence-corrected chi connectivity index (χ4v) is 2.49. The van der Waals surface area contributed by atoms with E-state index in [2.05, 4.69) is 22.6 Å². The smallest absolute Gasteiger partial charge is 0.124 e. The number of hydrogen-bond acceptors (Lipinski definition) is 3. The van der Waals surface area contributed by atoms with Gasteiger partial charge in [0, 0.05) is 9.13 Å². The summed E-state index contributed by atoms with van der Waals surface area (Å²) in [4.78, 5) is 0. The van der Waals surface area contributed by atoms with Crippen LogP contribution in [0.4, 0.5) is 0 Å². The number of rotatable bonds is 4. The van der Waals surface area contributed by atoms with Crippen molar-refractivity contribution in [2.45, 2.75) is 6.04 Å². The summed E-state index contributed by atoms with van der Waals surface area (Å²) in [7, 11) is 3.25. The van der Waals surface area contributed by atoms with Gasteiger partial charge in [-0.05, 0) is 58.5 Å². The van der Waals surface area contributed by atoms with Gasteiger partial charge in [-0.2, -0.15) is 0 Å². The summed E-state index contributed by atoms with van der Waals surface area (Å²) in [6.45, 7) is 0. The molecule has 0 radical (unpaired) electrons. The first kappa shape index (κ1) is 15.4. The molecule has 0 amide bonds. The van der Waals surface area contributed by atoms with Crippen molar-refractivity contribution in [3.05, 3.63) is 56.1 Å². The van der Waals surface area contributed by atoms with E-state index in [9.17, 15) is 0 Å². The average Bonchev–Trinajstić information content (AvgIpc) is 2.48. The maximum Gasteiger partial charge on any atom is 0.124 e. The molecule has 2 N–H and O–H groups in total. The molecular weight excluding hydrogens is 389 g/mol. The van der Waals surface area contributed by atoms with Gasteiger partial charge in [-0.1, -0.05) is 17.7 Å². The van der Waals surface area contributed by atoms with Crippen molar-refractivity contribution >= 4 is 34.2 Å². The van der Waals surface area contributed by atoms with Gasteiger partial charge in [0.2, 0.25) is 0 Å². The SMILES string of the molecule is COc1ccc(OC)c(C(N)c2ccc(I)c(Cl)c2)c1. The van der Waals surface area contributed by atoms with E-state index in [0.717, 1.165) is 26.2 Å². The van der Waals surface area contributed by atoms with Crippen LogP contribution in [-0.2, 0) is 0 Å². The molecule has 2 aromatic carbocycles. The van der Waals surface area contributed by atoms with Crippen molar-refractivity contribution in [1.29, 1.82) is 0 Å². The number of halogens is 2. The second-order valence-electron chi connectivity index (χ2n) is 4.26. The molecule has 0 aliphatic rings. The first-order valence-corrected chi connectivity index (χ1v) is 7.45. The van der Waals surface area contributed by atoms with Crippen LogP contribution in [0.1, 0.15) is 17.2 Å². The summed E-state index contributed by atoms with van der Waals surface area (Å²) in [5.74, 6) is 1.47. The third-order valence-corrected chi connectivity index (χ3v) is 4.65. The fourth-order valence-electron chi connectivity index (χ4n) is 1.97. The van der Waals surface area contributed by atoms with Crippen molar-refractivity contribution in [1.82, 2.24) is 0 Å². The molecule has 0 spiro atoms. The Balaban J connectivity index is 2.45. The van der Waals surface area contributed by atoms with Gasteiger partial charge in [-0.25, -0.2) is 0 Å². The van der Waals surface area contributed by atoms with Crippen LogP contribution in [0.2, 0.25) is 5.02 Å². The number of hydrogen-bond donors (Lipinski definition) is 1. The van der Waals surface area contributed by atoms with Crippen LogP contribution in [0.3, 0.4) is 0 Å². The molecule has 0 aliphatic heterocycles. The molecule has 5 heteroatoms. The Hall–Kier alpha value is -0.980. The molecule has 3 nitrogen and oxygen atoms in total. The largest absolute Gasteiger partial charge is 0.497 e. The second-order valence-corrected chi connectivity index (χ2v) is 5.83. The molecule has 0 fully saturated rings. The highest BCUT2D eigenvalue weighted by Gasteiger charge is 2.16. The van der Waals surface area contributed by atoms with E-state index >= 15 is 0 Å². The molecule has 0 heterocycles. The summed E-state index contributed by atoms with van der Waals surface area (Å²) in [5, 5.41) is 0.695. The molecule has 0 saturated carbocycles. The van der Waals surface area contributed by atoms with Gasteiger partial charge in [-0.3, -0.25) is 0 Å². The minimum absolute atomic E-state index is 0.324. The zero-order valence-corrected chi connectivity index (χ0v) is 14.1. The van der Waals surface area contributed by atoms with Gasteiger partial charge in [0.05, 0.1) is 25.3 Å². The Bertz CT molecular complexity index is 619. The first-order valence-electron chi connectivity index (χ1n) is 5.99. The third-order valence-electron chi connectivity index (χ3n) is 3.07. The minimum atomic E-state index is -0.324. The van der Waals surface area contributed by atoms with E-state index < -0.39 is 0 Å². The maximum absolute atomic E-state index is 6.34. The predicted molar refractivity (Wildman–Crippen MR) is 89.7 cm³/mol. The summed E-state index contributed by atoms with van der Waals surface area (Å²) in [6, 6.07) is 11.1. The molecule has 0 aromatic heterocycles. The Morgan fingerprint density at radius 2 is 1.85 bits per heavy atom. The summed E-state index contributed by atoms with van der Waals surface area (Å²) >= 11 is 8.35. The molecule has 0 saturated heterocycles. The average molecular weight is 404 g/mol. The molecule has 106 valence electrons. The highest BCUT2D eigenvalue weighted by atomic mass is 127. The Kier molecular flexibility index (Phi) is 5.12. The van der Waals surface area contributed by atoms with Gasteiger partial charge in [0.25, 0.3) is 0 Å². The summed E-state index contributed by atoms with van der Waals surface area (Å²) in [5.41, 5.74) is 8.14. The normalized spacial score (nSPS) is 12.1. The summed E-state index contributed by atoms with van der Waals surface area (Å²) < 4.78 is 11.6. The lowest BCUT2D eigenvalue weighted by Gasteiger charge is -2.17. The molecule has 2 rings (SSSR count). The first-order chi connectivity index (χ1) is 9.56. The van der Waals surface area contributed by atoms with Crippen molar-refractivity contribution in [2.24, 2.45) is 5.73 Å². The Morgan fingerprint density at radius 1 is 1.10 bits per heavy atom. The zero-order valence-electron chi connectivity index (χ0n) is 11.2. The van der Waals surface area contributed by atoms with Gasteiger partial charge in [0.15, 0.2) is 0 Å². The van der Waals surface area contributed by atoms with Crippen molar-refractivity contribution in [3.63, 3.8) is 0 Å². The van der Waals surface area contributed by atoms with Gasteiger partial charge in [-0.15, -0.1) is 0 Å². The molecule has 1 atom stereocenters. The van der Waals surface area contributed by atoms with Crippen molar-refractivity contribution < 1.29 is 9.47 Å². The predicted octanol–water partition coefficient (Wildman–Crippen LogP) is 4.01. The molecule has 0 bridgehead atoms. The molecule has 1 unspecified atom stereocenters. The molecular formula is C15H15ClINO2. The van der Waals surface area contributed by atoms with Crippen LogP contribution < -0.4 is 15.2 Å². The van der Waals surface area contributed by atoms with Crippen molar-refractivity contribution in [3.8, 4) is 11.5 Å². The van der Waals surface area contributed by atoms with Gasteiger partial charge < -0.3 is 15.2 Å². The number of methoxy groups -OCH3 is 2. The van der Waals surface area contributed by atoms with Gasteiger partial charge in [0.1, 0.15) is 11.5 Å². The Morgan fingerprint density at radius 3 is 2.45 bits per heavy atom. The maximum atomic E-state index is 6.34. The lowest BCUT2D eigenvalue weighted by molar-refractivity contribution is 0.397. The second kappa shape index (κ2) is 6.65. The van der Waals surface area contributed by atoms with Crippen LogP contribution in [0.25, 0.3) is 0 Å². The highest BCUT2D eigenvalue weighted by Crippen LogP contribution is 2.33. The van der Waals surface area contributed by atoms with Crippen molar-refractivity contribution in [2.75, 3.05) is 14.2 Å². The number of nitrogens with two attached hydrogens (primary N) is 1. The van der Waals surface area contributed by atoms with E-state index in [1.54, 1.807) is 14.2 Å². The molecule has 2 aromatic rings. The zero-order chi connectivity index (χ0) is 14.7. The molecule has 20 heavy (non-hydrogen) atoms. The van der Waals surface area contributed by atoms with Crippen LogP contribution in [-0.4, -0.2) is 14.2 Å². The van der Waals surface area contributed by atoms with E-state index in [0.29, 0.717) is 5.02 Å². The molecule has 0 aliphatic carbocycles. The van der Waals surface area contributed by atoms with E-state index in [-0.39, 0.29) is 6.04 Å². The standard InChI is InChI=1S/C15H15ClINO2/c1-19-10-4-6-14(20-2)11(8-10)15(18)9-3-5-13(17)12(16)7-9/h3-8,15H,18H2,1-2H3. The van der Waals surface area contributed by atoms with Crippen LogP contribution in [0.15, 0.2) is 36.4 Å². The Labute approximate surface area is 137 Å².